The maximum Gasteiger partial charge on any atom is 0.153 e. The van der Waals surface area contributed by atoms with E-state index in [1.165, 1.54) is 19.3 Å². The Morgan fingerprint density at radius 3 is 3.00 bits per heavy atom. The molecule has 70 valence electrons. The van der Waals surface area contributed by atoms with Crippen molar-refractivity contribution in [2.24, 2.45) is 5.92 Å². The lowest BCUT2D eigenvalue weighted by molar-refractivity contribution is 0.333. The molecule has 0 unspecified atom stereocenters. The van der Waals surface area contributed by atoms with Crippen LogP contribution in [0.2, 0.25) is 5.15 Å². The molecule has 0 atom stereocenters. The summed E-state index contributed by atoms with van der Waals surface area (Å²) in [5, 5.41) is 11.2. The molecule has 0 bridgehead atoms. The summed E-state index contributed by atoms with van der Waals surface area (Å²) in [4.78, 5) is 0. The van der Waals surface area contributed by atoms with Crippen molar-refractivity contribution in [1.82, 2.24) is 10.2 Å². The van der Waals surface area contributed by atoms with Crippen LogP contribution in [0.3, 0.4) is 0 Å². The second kappa shape index (κ2) is 3.92. The minimum Gasteiger partial charge on any atom is -0.383 e. The highest BCUT2D eigenvalue weighted by molar-refractivity contribution is 6.29. The summed E-state index contributed by atoms with van der Waals surface area (Å²) in [5.41, 5.74) is 0.965. The van der Waals surface area contributed by atoms with Crippen molar-refractivity contribution in [3.8, 4) is 0 Å². The van der Waals surface area contributed by atoms with Crippen LogP contribution in [0.1, 0.15) is 19.3 Å². The molecule has 1 fully saturated rings. The summed E-state index contributed by atoms with van der Waals surface area (Å²) in [5.74, 6) is 0.840. The molecule has 2 rings (SSSR count). The summed E-state index contributed by atoms with van der Waals surface area (Å²) in [6.07, 6.45) is 5.77. The van der Waals surface area contributed by atoms with Crippen molar-refractivity contribution in [1.29, 1.82) is 0 Å². The van der Waals surface area contributed by atoms with E-state index < -0.39 is 0 Å². The van der Waals surface area contributed by atoms with Gasteiger partial charge >= 0.3 is 0 Å². The topological polar surface area (TPSA) is 37.8 Å². The lowest BCUT2D eigenvalue weighted by Crippen LogP contribution is -2.20. The van der Waals surface area contributed by atoms with Gasteiger partial charge in [0, 0.05) is 12.6 Å². The SMILES string of the molecule is Clc1cc(NCC2CCC2)cnn1. The van der Waals surface area contributed by atoms with Gasteiger partial charge in [0.05, 0.1) is 11.9 Å². The average Bonchev–Trinajstić information content (AvgIpc) is 2.01. The van der Waals surface area contributed by atoms with Crippen LogP contribution in [0.25, 0.3) is 0 Å². The molecular weight excluding hydrogens is 186 g/mol. The molecule has 0 spiro atoms. The Balaban J connectivity index is 1.86. The van der Waals surface area contributed by atoms with Gasteiger partial charge in [-0.25, -0.2) is 0 Å². The highest BCUT2D eigenvalue weighted by atomic mass is 35.5. The first-order valence-electron chi connectivity index (χ1n) is 4.57. The van der Waals surface area contributed by atoms with Crippen LogP contribution in [0.15, 0.2) is 12.3 Å². The Bertz CT molecular complexity index is 286. The molecule has 3 nitrogen and oxygen atoms in total. The van der Waals surface area contributed by atoms with Crippen molar-refractivity contribution in [2.75, 3.05) is 11.9 Å². The van der Waals surface area contributed by atoms with Crippen LogP contribution < -0.4 is 5.32 Å². The van der Waals surface area contributed by atoms with E-state index in [-0.39, 0.29) is 0 Å². The van der Waals surface area contributed by atoms with Gasteiger partial charge in [-0.1, -0.05) is 18.0 Å². The number of hydrogen-bond donors (Lipinski definition) is 1. The fourth-order valence-electron chi connectivity index (χ4n) is 1.40. The zero-order valence-corrected chi connectivity index (χ0v) is 8.09. The Morgan fingerprint density at radius 1 is 1.54 bits per heavy atom. The number of hydrogen-bond acceptors (Lipinski definition) is 3. The predicted molar refractivity (Wildman–Crippen MR) is 52.9 cm³/mol. The van der Waals surface area contributed by atoms with E-state index in [9.17, 15) is 0 Å². The number of anilines is 1. The van der Waals surface area contributed by atoms with Crippen LogP contribution in [0.4, 0.5) is 5.69 Å². The Kier molecular flexibility index (Phi) is 2.64. The molecule has 1 aromatic rings. The first kappa shape index (κ1) is 8.75. The van der Waals surface area contributed by atoms with E-state index in [0.717, 1.165) is 18.2 Å². The third-order valence-corrected chi connectivity index (χ3v) is 2.63. The third-order valence-electron chi connectivity index (χ3n) is 2.44. The van der Waals surface area contributed by atoms with Crippen molar-refractivity contribution < 1.29 is 0 Å². The highest BCUT2D eigenvalue weighted by Gasteiger charge is 2.16. The highest BCUT2D eigenvalue weighted by Crippen LogP contribution is 2.26. The molecule has 13 heavy (non-hydrogen) atoms. The van der Waals surface area contributed by atoms with Gasteiger partial charge in [0.15, 0.2) is 5.15 Å². The summed E-state index contributed by atoms with van der Waals surface area (Å²) >= 11 is 5.69. The van der Waals surface area contributed by atoms with E-state index in [0.29, 0.717) is 5.15 Å². The summed E-state index contributed by atoms with van der Waals surface area (Å²) in [6.45, 7) is 1.03. The Morgan fingerprint density at radius 2 is 2.38 bits per heavy atom. The molecule has 0 amide bonds. The number of rotatable bonds is 3. The maximum atomic E-state index is 5.69. The quantitative estimate of drug-likeness (QED) is 0.809. The van der Waals surface area contributed by atoms with Gasteiger partial charge in [0.1, 0.15) is 0 Å². The fourth-order valence-corrected chi connectivity index (χ4v) is 1.56. The van der Waals surface area contributed by atoms with Crippen LogP contribution in [-0.4, -0.2) is 16.7 Å². The first-order valence-corrected chi connectivity index (χ1v) is 4.94. The molecule has 0 saturated heterocycles. The molecule has 0 aromatic carbocycles. The number of aromatic nitrogens is 2. The molecule has 1 saturated carbocycles. The molecule has 4 heteroatoms. The van der Waals surface area contributed by atoms with Gasteiger partial charge in [-0.2, -0.15) is 5.10 Å². The van der Waals surface area contributed by atoms with Gasteiger partial charge in [-0.05, 0) is 18.8 Å². The van der Waals surface area contributed by atoms with Gasteiger partial charge in [0.2, 0.25) is 0 Å². The first-order chi connectivity index (χ1) is 6.34. The molecule has 1 aromatic heterocycles. The predicted octanol–water partition coefficient (Wildman–Crippen LogP) is 2.34. The lowest BCUT2D eigenvalue weighted by atomic mass is 9.85. The number of halogens is 1. The fraction of sp³-hybridized carbons (Fsp3) is 0.556. The van der Waals surface area contributed by atoms with Crippen LogP contribution in [0, 0.1) is 5.92 Å². The van der Waals surface area contributed by atoms with Crippen molar-refractivity contribution in [2.45, 2.75) is 19.3 Å². The van der Waals surface area contributed by atoms with E-state index in [2.05, 4.69) is 15.5 Å². The van der Waals surface area contributed by atoms with Gasteiger partial charge in [-0.15, -0.1) is 5.10 Å². The zero-order valence-electron chi connectivity index (χ0n) is 7.33. The van der Waals surface area contributed by atoms with Crippen LogP contribution in [-0.2, 0) is 0 Å². The van der Waals surface area contributed by atoms with E-state index >= 15 is 0 Å². The summed E-state index contributed by atoms with van der Waals surface area (Å²) in [6, 6.07) is 1.80. The molecule has 1 aliphatic carbocycles. The second-order valence-electron chi connectivity index (χ2n) is 3.44. The van der Waals surface area contributed by atoms with Crippen molar-refractivity contribution >= 4 is 17.3 Å². The zero-order chi connectivity index (χ0) is 9.10. The maximum absolute atomic E-state index is 5.69. The van der Waals surface area contributed by atoms with Crippen LogP contribution >= 0.6 is 11.6 Å². The number of nitrogens with zero attached hydrogens (tertiary/aromatic N) is 2. The molecule has 0 aliphatic heterocycles. The minimum atomic E-state index is 0.443. The standard InChI is InChI=1S/C9H12ClN3/c10-9-4-8(6-12-13-9)11-5-7-2-1-3-7/h4,6-7H,1-3,5H2,(H,11,13). The Labute approximate surface area is 82.5 Å². The molecule has 1 N–H and O–H groups in total. The molecule has 1 aliphatic rings. The lowest BCUT2D eigenvalue weighted by Gasteiger charge is -2.25. The van der Waals surface area contributed by atoms with E-state index in [1.54, 1.807) is 12.3 Å². The third kappa shape index (κ3) is 2.31. The Hall–Kier alpha value is -0.830. The second-order valence-corrected chi connectivity index (χ2v) is 3.83. The summed E-state index contributed by atoms with van der Waals surface area (Å²) < 4.78 is 0. The average molecular weight is 198 g/mol. The van der Waals surface area contributed by atoms with Crippen molar-refractivity contribution in [3.63, 3.8) is 0 Å². The van der Waals surface area contributed by atoms with Crippen LogP contribution in [0.5, 0.6) is 0 Å². The minimum absolute atomic E-state index is 0.443. The molecular formula is C9H12ClN3. The van der Waals surface area contributed by atoms with Gasteiger partial charge < -0.3 is 5.32 Å². The normalized spacial score (nSPS) is 16.7. The summed E-state index contributed by atoms with van der Waals surface area (Å²) in [7, 11) is 0. The molecule has 1 heterocycles. The largest absolute Gasteiger partial charge is 0.383 e. The monoisotopic (exact) mass is 197 g/mol. The molecule has 0 radical (unpaired) electrons. The van der Waals surface area contributed by atoms with Gasteiger partial charge in [0.25, 0.3) is 0 Å². The number of nitrogens with one attached hydrogen (secondary N) is 1. The van der Waals surface area contributed by atoms with E-state index in [1.807, 2.05) is 0 Å². The van der Waals surface area contributed by atoms with Crippen molar-refractivity contribution in [3.05, 3.63) is 17.4 Å². The van der Waals surface area contributed by atoms with Gasteiger partial charge in [-0.3, -0.25) is 0 Å². The van der Waals surface area contributed by atoms with E-state index in [4.69, 9.17) is 11.6 Å². The smallest absolute Gasteiger partial charge is 0.153 e.